The minimum atomic E-state index is 0.0336. The Morgan fingerprint density at radius 2 is 1.92 bits per heavy atom. The summed E-state index contributed by atoms with van der Waals surface area (Å²) in [4.78, 5) is 0. The highest BCUT2D eigenvalue weighted by atomic mass is 16.5. The van der Waals surface area contributed by atoms with Gasteiger partial charge < -0.3 is 19.5 Å². The molecule has 1 heterocycles. The van der Waals surface area contributed by atoms with Crippen molar-refractivity contribution in [2.24, 2.45) is 11.3 Å². The molecular formula is C22H37NO3. The lowest BCUT2D eigenvalue weighted by atomic mass is 9.64. The summed E-state index contributed by atoms with van der Waals surface area (Å²) in [6, 6.07) is 6.11. The maximum atomic E-state index is 6.10. The van der Waals surface area contributed by atoms with Crippen LogP contribution >= 0.6 is 0 Å². The van der Waals surface area contributed by atoms with Gasteiger partial charge in [0.15, 0.2) is 11.5 Å². The normalized spacial score (nSPS) is 26.1. The molecule has 0 amide bonds. The van der Waals surface area contributed by atoms with Gasteiger partial charge in [-0.2, -0.15) is 0 Å². The number of rotatable bonds is 9. The number of nitrogens with one attached hydrogen (secondary N) is 1. The molecule has 0 spiro atoms. The van der Waals surface area contributed by atoms with E-state index in [0.717, 1.165) is 50.5 Å². The summed E-state index contributed by atoms with van der Waals surface area (Å²) in [6.07, 6.45) is 4.60. The van der Waals surface area contributed by atoms with Gasteiger partial charge in [0.2, 0.25) is 0 Å². The Labute approximate surface area is 159 Å². The van der Waals surface area contributed by atoms with E-state index in [4.69, 9.17) is 14.2 Å². The van der Waals surface area contributed by atoms with Gasteiger partial charge in [0.1, 0.15) is 0 Å². The monoisotopic (exact) mass is 363 g/mol. The zero-order valence-corrected chi connectivity index (χ0v) is 17.5. The SMILES string of the molecule is CC[C@@]1(C)C[C@](CCNCc2ccc(OC)c(OC)c2)(C(C)C)CCO1. The average Bonchev–Trinajstić information content (AvgIpc) is 2.65. The van der Waals surface area contributed by atoms with Crippen LogP contribution in [0.5, 0.6) is 11.5 Å². The third-order valence-corrected chi connectivity index (χ3v) is 6.33. The van der Waals surface area contributed by atoms with E-state index in [1.807, 2.05) is 12.1 Å². The van der Waals surface area contributed by atoms with Gasteiger partial charge >= 0.3 is 0 Å². The highest BCUT2D eigenvalue weighted by Crippen LogP contribution is 2.47. The van der Waals surface area contributed by atoms with Crippen LogP contribution in [0.4, 0.5) is 0 Å². The van der Waals surface area contributed by atoms with E-state index in [1.165, 1.54) is 12.0 Å². The minimum absolute atomic E-state index is 0.0336. The lowest BCUT2D eigenvalue weighted by Gasteiger charge is -2.49. The van der Waals surface area contributed by atoms with Crippen LogP contribution in [0.1, 0.15) is 58.9 Å². The second-order valence-corrected chi connectivity index (χ2v) is 8.21. The number of benzene rings is 1. The molecule has 148 valence electrons. The first kappa shape index (κ1) is 21.0. The van der Waals surface area contributed by atoms with Crippen molar-refractivity contribution in [1.29, 1.82) is 0 Å². The van der Waals surface area contributed by atoms with Crippen LogP contribution in [-0.4, -0.2) is 33.0 Å². The van der Waals surface area contributed by atoms with Gasteiger partial charge in [-0.15, -0.1) is 0 Å². The fourth-order valence-electron chi connectivity index (χ4n) is 4.17. The number of methoxy groups -OCH3 is 2. The van der Waals surface area contributed by atoms with Gasteiger partial charge in [-0.05, 0) is 68.2 Å². The summed E-state index contributed by atoms with van der Waals surface area (Å²) < 4.78 is 16.8. The number of ether oxygens (including phenoxy) is 3. The van der Waals surface area contributed by atoms with Gasteiger partial charge in [-0.1, -0.05) is 26.8 Å². The number of hydrogen-bond acceptors (Lipinski definition) is 4. The first-order valence-corrected chi connectivity index (χ1v) is 9.93. The van der Waals surface area contributed by atoms with Gasteiger partial charge in [0.25, 0.3) is 0 Å². The Balaban J connectivity index is 1.92. The predicted molar refractivity (Wildman–Crippen MR) is 107 cm³/mol. The summed E-state index contributed by atoms with van der Waals surface area (Å²) >= 11 is 0. The Hall–Kier alpha value is -1.26. The van der Waals surface area contributed by atoms with E-state index < -0.39 is 0 Å². The fourth-order valence-corrected chi connectivity index (χ4v) is 4.17. The second kappa shape index (κ2) is 9.09. The lowest BCUT2D eigenvalue weighted by Crippen LogP contribution is -2.46. The highest BCUT2D eigenvalue weighted by Gasteiger charge is 2.43. The molecule has 1 aromatic carbocycles. The van der Waals surface area contributed by atoms with Crippen molar-refractivity contribution < 1.29 is 14.2 Å². The summed E-state index contributed by atoms with van der Waals surface area (Å²) in [7, 11) is 3.34. The van der Waals surface area contributed by atoms with Crippen molar-refractivity contribution in [3.8, 4) is 11.5 Å². The average molecular weight is 364 g/mol. The standard InChI is InChI=1S/C22H37NO3/c1-7-21(4)16-22(17(2)3,11-13-26-21)10-12-23-15-18-8-9-19(24-5)20(14-18)25-6/h8-9,14,17,23H,7,10-13,15-16H2,1-6H3/t21-,22+/m0/s1. The molecule has 0 aliphatic carbocycles. The molecule has 2 rings (SSSR count). The predicted octanol–water partition coefficient (Wildman–Crippen LogP) is 4.81. The molecule has 1 aliphatic rings. The van der Waals surface area contributed by atoms with Crippen LogP contribution in [0.25, 0.3) is 0 Å². The summed E-state index contributed by atoms with van der Waals surface area (Å²) in [6.45, 7) is 12.0. The molecule has 0 unspecified atom stereocenters. The largest absolute Gasteiger partial charge is 0.493 e. The highest BCUT2D eigenvalue weighted by molar-refractivity contribution is 5.42. The third-order valence-electron chi connectivity index (χ3n) is 6.33. The fraction of sp³-hybridized carbons (Fsp3) is 0.727. The van der Waals surface area contributed by atoms with Gasteiger partial charge in [0.05, 0.1) is 19.8 Å². The van der Waals surface area contributed by atoms with Crippen molar-refractivity contribution in [3.63, 3.8) is 0 Å². The van der Waals surface area contributed by atoms with E-state index in [0.29, 0.717) is 11.3 Å². The van der Waals surface area contributed by atoms with E-state index in [1.54, 1.807) is 14.2 Å². The molecule has 1 saturated heterocycles. The van der Waals surface area contributed by atoms with Crippen molar-refractivity contribution in [2.45, 2.75) is 65.5 Å². The molecule has 0 radical (unpaired) electrons. The molecule has 1 aliphatic heterocycles. The first-order chi connectivity index (χ1) is 12.4. The zero-order chi connectivity index (χ0) is 19.2. The van der Waals surface area contributed by atoms with E-state index in [9.17, 15) is 0 Å². The molecule has 1 aromatic rings. The minimum Gasteiger partial charge on any atom is -0.493 e. The topological polar surface area (TPSA) is 39.7 Å². The van der Waals surface area contributed by atoms with Crippen molar-refractivity contribution in [2.75, 3.05) is 27.4 Å². The Morgan fingerprint density at radius 3 is 2.54 bits per heavy atom. The van der Waals surface area contributed by atoms with Crippen LogP contribution < -0.4 is 14.8 Å². The molecule has 0 bridgehead atoms. The van der Waals surface area contributed by atoms with E-state index in [2.05, 4.69) is 39.1 Å². The molecule has 4 nitrogen and oxygen atoms in total. The Kier molecular flexibility index (Phi) is 7.36. The van der Waals surface area contributed by atoms with E-state index >= 15 is 0 Å². The third kappa shape index (κ3) is 4.92. The van der Waals surface area contributed by atoms with Crippen molar-refractivity contribution in [3.05, 3.63) is 23.8 Å². The quantitative estimate of drug-likeness (QED) is 0.640. The zero-order valence-electron chi connectivity index (χ0n) is 17.5. The second-order valence-electron chi connectivity index (χ2n) is 8.21. The van der Waals surface area contributed by atoms with Crippen LogP contribution in [0.15, 0.2) is 18.2 Å². The smallest absolute Gasteiger partial charge is 0.161 e. The molecule has 4 heteroatoms. The van der Waals surface area contributed by atoms with Gasteiger partial charge in [-0.25, -0.2) is 0 Å². The molecule has 1 N–H and O–H groups in total. The van der Waals surface area contributed by atoms with Crippen LogP contribution in [0.2, 0.25) is 0 Å². The first-order valence-electron chi connectivity index (χ1n) is 9.93. The summed E-state index contributed by atoms with van der Waals surface area (Å²) in [5.74, 6) is 2.23. The maximum Gasteiger partial charge on any atom is 0.161 e. The lowest BCUT2D eigenvalue weighted by molar-refractivity contribution is -0.132. The van der Waals surface area contributed by atoms with Crippen LogP contribution in [-0.2, 0) is 11.3 Å². The Morgan fingerprint density at radius 1 is 1.19 bits per heavy atom. The Bertz CT molecular complexity index is 575. The number of hydrogen-bond donors (Lipinski definition) is 1. The molecule has 26 heavy (non-hydrogen) atoms. The van der Waals surface area contributed by atoms with Gasteiger partial charge in [-0.3, -0.25) is 0 Å². The molecule has 2 atom stereocenters. The van der Waals surface area contributed by atoms with Crippen LogP contribution in [0, 0.1) is 11.3 Å². The summed E-state index contributed by atoms with van der Waals surface area (Å²) in [5, 5.41) is 3.63. The molecular weight excluding hydrogens is 326 g/mol. The van der Waals surface area contributed by atoms with Crippen molar-refractivity contribution in [1.82, 2.24) is 5.32 Å². The van der Waals surface area contributed by atoms with Crippen molar-refractivity contribution >= 4 is 0 Å². The molecule has 0 aromatic heterocycles. The van der Waals surface area contributed by atoms with E-state index in [-0.39, 0.29) is 5.60 Å². The van der Waals surface area contributed by atoms with Crippen LogP contribution in [0.3, 0.4) is 0 Å². The molecule has 1 fully saturated rings. The molecule has 0 saturated carbocycles. The summed E-state index contributed by atoms with van der Waals surface area (Å²) in [5.41, 5.74) is 1.62. The van der Waals surface area contributed by atoms with Gasteiger partial charge in [0, 0.05) is 13.2 Å². The maximum absolute atomic E-state index is 6.10.